The van der Waals surface area contributed by atoms with Gasteiger partial charge in [-0.25, -0.2) is 0 Å². The van der Waals surface area contributed by atoms with E-state index in [4.69, 9.17) is 10.8 Å². The summed E-state index contributed by atoms with van der Waals surface area (Å²) in [6, 6.07) is 19.1. The molecule has 0 aliphatic carbocycles. The summed E-state index contributed by atoms with van der Waals surface area (Å²) in [5.74, 6) is 0. The van der Waals surface area contributed by atoms with E-state index >= 15 is 0 Å². The van der Waals surface area contributed by atoms with Crippen LogP contribution < -0.4 is 11.1 Å². The highest BCUT2D eigenvalue weighted by Gasteiger charge is 2.08. The van der Waals surface area contributed by atoms with Crippen molar-refractivity contribution < 1.29 is 5.11 Å². The van der Waals surface area contributed by atoms with E-state index in [-0.39, 0.29) is 12.6 Å². The van der Waals surface area contributed by atoms with E-state index < -0.39 is 0 Å². The van der Waals surface area contributed by atoms with Gasteiger partial charge in [0.25, 0.3) is 0 Å². The molecule has 0 aromatic heterocycles. The highest BCUT2D eigenvalue weighted by molar-refractivity contribution is 5.63. The lowest BCUT2D eigenvalue weighted by Gasteiger charge is -2.17. The molecule has 1 atom stereocenters. The molecule has 1 unspecified atom stereocenters. The normalized spacial score (nSPS) is 12.3. The maximum Gasteiger partial charge on any atom is 0.0444 e. The summed E-state index contributed by atoms with van der Waals surface area (Å²) < 4.78 is 0. The molecule has 4 N–H and O–H groups in total. The molecule has 0 heterocycles. The molecule has 0 saturated carbocycles. The fraction of sp³-hybridized carbons (Fsp3) is 0.333. The van der Waals surface area contributed by atoms with Gasteiger partial charge < -0.3 is 16.2 Å². The summed E-state index contributed by atoms with van der Waals surface area (Å²) in [6.07, 6.45) is 1.80. The largest absolute Gasteiger partial charge is 0.396 e. The Hall–Kier alpha value is -1.68. The maximum absolute atomic E-state index is 8.79. The maximum atomic E-state index is 8.79. The van der Waals surface area contributed by atoms with Gasteiger partial charge in [-0.2, -0.15) is 0 Å². The molecule has 0 amide bonds. The fourth-order valence-electron chi connectivity index (χ4n) is 2.39. The Morgan fingerprint density at radius 2 is 1.57 bits per heavy atom. The van der Waals surface area contributed by atoms with E-state index in [9.17, 15) is 0 Å². The number of hydrogen-bond donors (Lipinski definition) is 3. The van der Waals surface area contributed by atoms with E-state index in [1.165, 1.54) is 16.7 Å². The molecule has 0 radical (unpaired) electrons. The van der Waals surface area contributed by atoms with Crippen molar-refractivity contribution in [3.8, 4) is 11.1 Å². The van der Waals surface area contributed by atoms with Crippen molar-refractivity contribution in [1.82, 2.24) is 5.32 Å². The first-order chi connectivity index (χ1) is 10.3. The van der Waals surface area contributed by atoms with Gasteiger partial charge in [0.1, 0.15) is 0 Å². The van der Waals surface area contributed by atoms with Gasteiger partial charge in [0.2, 0.25) is 0 Å². The van der Waals surface area contributed by atoms with Gasteiger partial charge in [0.15, 0.2) is 0 Å². The van der Waals surface area contributed by atoms with Crippen LogP contribution in [0.25, 0.3) is 11.1 Å². The van der Waals surface area contributed by atoms with Gasteiger partial charge >= 0.3 is 0 Å². The minimum Gasteiger partial charge on any atom is -0.396 e. The Balaban J connectivity index is 1.99. The number of rotatable bonds is 8. The minimum atomic E-state index is 0.175. The first kappa shape index (κ1) is 15.7. The Kier molecular flexibility index (Phi) is 6.41. The zero-order valence-electron chi connectivity index (χ0n) is 12.3. The molecule has 0 fully saturated rings. The van der Waals surface area contributed by atoms with Gasteiger partial charge in [-0.3, -0.25) is 0 Å². The lowest BCUT2D eigenvalue weighted by atomic mass is 10.0. The molecule has 2 aromatic rings. The van der Waals surface area contributed by atoms with Crippen LogP contribution in [-0.2, 0) is 0 Å². The van der Waals surface area contributed by atoms with Crippen LogP contribution in [0.1, 0.15) is 24.4 Å². The van der Waals surface area contributed by atoms with Crippen molar-refractivity contribution in [3.05, 3.63) is 60.2 Å². The number of benzene rings is 2. The Bertz CT molecular complexity index is 511. The summed E-state index contributed by atoms with van der Waals surface area (Å²) in [6.45, 7) is 1.70. The number of nitrogens with one attached hydrogen (secondary N) is 1. The SMILES string of the molecule is NCC(NCCCCO)c1ccc(-c2ccccc2)cc1. The average molecular weight is 284 g/mol. The highest BCUT2D eigenvalue weighted by atomic mass is 16.2. The lowest BCUT2D eigenvalue weighted by molar-refractivity contribution is 0.282. The van der Waals surface area contributed by atoms with Gasteiger partial charge in [0.05, 0.1) is 0 Å². The van der Waals surface area contributed by atoms with Gasteiger partial charge in [-0.15, -0.1) is 0 Å². The average Bonchev–Trinajstić information content (AvgIpc) is 2.56. The van der Waals surface area contributed by atoms with Crippen molar-refractivity contribution in [2.24, 2.45) is 5.73 Å². The Morgan fingerprint density at radius 1 is 0.905 bits per heavy atom. The van der Waals surface area contributed by atoms with E-state index in [1.54, 1.807) is 0 Å². The second-order valence-electron chi connectivity index (χ2n) is 5.16. The molecule has 2 rings (SSSR count). The van der Waals surface area contributed by atoms with Crippen LogP contribution in [0, 0.1) is 0 Å². The smallest absolute Gasteiger partial charge is 0.0444 e. The molecule has 112 valence electrons. The molecule has 3 nitrogen and oxygen atoms in total. The van der Waals surface area contributed by atoms with Crippen LogP contribution in [-0.4, -0.2) is 24.8 Å². The molecular weight excluding hydrogens is 260 g/mol. The van der Waals surface area contributed by atoms with E-state index in [0.717, 1.165) is 19.4 Å². The fourth-order valence-corrected chi connectivity index (χ4v) is 2.39. The molecule has 21 heavy (non-hydrogen) atoms. The third kappa shape index (κ3) is 4.67. The van der Waals surface area contributed by atoms with Crippen LogP contribution in [0.15, 0.2) is 54.6 Å². The van der Waals surface area contributed by atoms with Crippen LogP contribution in [0.4, 0.5) is 0 Å². The van der Waals surface area contributed by atoms with Gasteiger partial charge in [-0.1, -0.05) is 54.6 Å². The zero-order chi connectivity index (χ0) is 14.9. The van der Waals surface area contributed by atoms with Crippen LogP contribution >= 0.6 is 0 Å². The molecule has 3 heteroatoms. The molecule has 0 saturated heterocycles. The topological polar surface area (TPSA) is 58.3 Å². The number of nitrogens with two attached hydrogens (primary N) is 1. The standard InChI is InChI=1S/C18H24N2O/c19-14-18(20-12-4-5-13-21)17-10-8-16(9-11-17)15-6-2-1-3-7-15/h1-3,6-11,18,20-21H,4-5,12-14,19H2. The van der Waals surface area contributed by atoms with Crippen LogP contribution in [0.3, 0.4) is 0 Å². The summed E-state index contributed by atoms with van der Waals surface area (Å²) >= 11 is 0. The van der Waals surface area contributed by atoms with Crippen molar-refractivity contribution in [2.45, 2.75) is 18.9 Å². The van der Waals surface area contributed by atoms with Crippen molar-refractivity contribution >= 4 is 0 Å². The molecular formula is C18H24N2O. The number of unbranched alkanes of at least 4 members (excludes halogenated alkanes) is 1. The third-order valence-electron chi connectivity index (χ3n) is 3.63. The number of aliphatic hydroxyl groups is 1. The number of hydrogen-bond acceptors (Lipinski definition) is 3. The van der Waals surface area contributed by atoms with Crippen molar-refractivity contribution in [2.75, 3.05) is 19.7 Å². The minimum absolute atomic E-state index is 0.175. The van der Waals surface area contributed by atoms with E-state index in [2.05, 4.69) is 53.8 Å². The second kappa shape index (κ2) is 8.57. The second-order valence-corrected chi connectivity index (χ2v) is 5.16. The van der Waals surface area contributed by atoms with Crippen LogP contribution in [0.5, 0.6) is 0 Å². The third-order valence-corrected chi connectivity index (χ3v) is 3.63. The summed E-state index contributed by atoms with van der Waals surface area (Å²) in [7, 11) is 0. The Morgan fingerprint density at radius 3 is 2.19 bits per heavy atom. The molecule has 2 aromatic carbocycles. The summed E-state index contributed by atoms with van der Waals surface area (Å²) in [4.78, 5) is 0. The molecule has 0 aliphatic heterocycles. The van der Waals surface area contributed by atoms with E-state index in [0.29, 0.717) is 6.54 Å². The zero-order valence-corrected chi connectivity index (χ0v) is 12.3. The monoisotopic (exact) mass is 284 g/mol. The van der Waals surface area contributed by atoms with Gasteiger partial charge in [0, 0.05) is 19.2 Å². The highest BCUT2D eigenvalue weighted by Crippen LogP contribution is 2.21. The first-order valence-electron chi connectivity index (χ1n) is 7.55. The van der Waals surface area contributed by atoms with E-state index in [1.807, 2.05) is 6.07 Å². The quantitative estimate of drug-likeness (QED) is 0.653. The first-order valence-corrected chi connectivity index (χ1v) is 7.55. The summed E-state index contributed by atoms with van der Waals surface area (Å²) in [5, 5.41) is 12.2. The Labute approximate surface area is 126 Å². The number of aliphatic hydroxyl groups excluding tert-OH is 1. The predicted octanol–water partition coefficient (Wildman–Crippen LogP) is 2.72. The van der Waals surface area contributed by atoms with Gasteiger partial charge in [-0.05, 0) is 36.1 Å². The van der Waals surface area contributed by atoms with Crippen molar-refractivity contribution in [3.63, 3.8) is 0 Å². The lowest BCUT2D eigenvalue weighted by Crippen LogP contribution is -2.29. The predicted molar refractivity (Wildman–Crippen MR) is 88.0 cm³/mol. The molecule has 0 aliphatic rings. The van der Waals surface area contributed by atoms with Crippen molar-refractivity contribution in [1.29, 1.82) is 0 Å². The van der Waals surface area contributed by atoms with Crippen LogP contribution in [0.2, 0.25) is 0 Å². The molecule has 0 bridgehead atoms. The molecule has 0 spiro atoms. The summed E-state index contributed by atoms with van der Waals surface area (Å²) in [5.41, 5.74) is 9.51.